The van der Waals surface area contributed by atoms with Crippen LogP contribution in [0.4, 0.5) is 0 Å². The van der Waals surface area contributed by atoms with Gasteiger partial charge in [0.15, 0.2) is 0 Å². The van der Waals surface area contributed by atoms with E-state index in [1.54, 1.807) is 5.57 Å². The molecule has 0 heterocycles. The molecular weight excluding hydrogens is 384 g/mol. The number of allylic oxidation sites excluding steroid dienone is 3. The second-order valence-corrected chi connectivity index (χ2v) is 11.4. The average molecular weight is 429 g/mol. The largest absolute Gasteiger partial charge is 0.393 e. The van der Waals surface area contributed by atoms with Crippen LogP contribution in [0.2, 0.25) is 0 Å². The van der Waals surface area contributed by atoms with Crippen LogP contribution >= 0.6 is 0 Å². The molecule has 0 amide bonds. The Morgan fingerprint density at radius 2 is 1.81 bits per heavy atom. The van der Waals surface area contributed by atoms with Gasteiger partial charge in [0.1, 0.15) is 0 Å². The Morgan fingerprint density at radius 3 is 2.58 bits per heavy atom. The molecule has 3 heteroatoms. The molecule has 0 radical (unpaired) electrons. The Hall–Kier alpha value is -0.900. The third kappa shape index (κ3) is 5.04. The number of unbranched alkanes of at least 4 members (excludes halogenated alkanes) is 1. The van der Waals surface area contributed by atoms with E-state index >= 15 is 0 Å². The van der Waals surface area contributed by atoms with Crippen molar-refractivity contribution < 1.29 is 15.3 Å². The summed E-state index contributed by atoms with van der Waals surface area (Å²) in [4.78, 5) is 0. The number of hydrogen-bond donors (Lipinski definition) is 3. The number of rotatable bonds is 6. The van der Waals surface area contributed by atoms with E-state index in [9.17, 15) is 15.3 Å². The molecule has 4 aliphatic carbocycles. The molecule has 4 unspecified atom stereocenters. The van der Waals surface area contributed by atoms with Crippen molar-refractivity contribution in [2.75, 3.05) is 0 Å². The first-order valence-electron chi connectivity index (χ1n) is 13.0. The van der Waals surface area contributed by atoms with Crippen LogP contribution in [0.5, 0.6) is 0 Å². The monoisotopic (exact) mass is 428 g/mol. The highest BCUT2D eigenvalue weighted by molar-refractivity contribution is 5.38. The molecule has 0 aromatic heterocycles. The zero-order valence-electron chi connectivity index (χ0n) is 19.6. The van der Waals surface area contributed by atoms with Gasteiger partial charge < -0.3 is 15.3 Å². The van der Waals surface area contributed by atoms with Gasteiger partial charge in [-0.3, -0.25) is 0 Å². The summed E-state index contributed by atoms with van der Waals surface area (Å²) >= 11 is 0. The van der Waals surface area contributed by atoms with Crippen LogP contribution in [0.1, 0.15) is 103 Å². The molecule has 0 aliphatic heterocycles. The Labute approximate surface area is 189 Å². The van der Waals surface area contributed by atoms with Crippen molar-refractivity contribution in [2.24, 2.45) is 17.3 Å². The molecule has 31 heavy (non-hydrogen) atoms. The predicted octanol–water partition coefficient (Wildman–Crippen LogP) is 5.99. The first-order valence-corrected chi connectivity index (χ1v) is 13.0. The molecule has 4 fully saturated rings. The minimum absolute atomic E-state index is 0.347. The maximum absolute atomic E-state index is 10.6. The van der Waals surface area contributed by atoms with Crippen molar-refractivity contribution in [3.05, 3.63) is 35.5 Å². The van der Waals surface area contributed by atoms with Crippen LogP contribution in [-0.2, 0) is 0 Å². The summed E-state index contributed by atoms with van der Waals surface area (Å²) in [5.41, 5.74) is 3.45. The highest BCUT2D eigenvalue weighted by Gasteiger charge is 2.48. The van der Waals surface area contributed by atoms with E-state index in [1.807, 2.05) is 0 Å². The fourth-order valence-electron chi connectivity index (χ4n) is 7.41. The second kappa shape index (κ2) is 9.53. The highest BCUT2D eigenvalue weighted by atomic mass is 16.3. The molecule has 0 bridgehead atoms. The summed E-state index contributed by atoms with van der Waals surface area (Å²) in [6, 6.07) is 0. The van der Waals surface area contributed by atoms with Crippen molar-refractivity contribution >= 4 is 0 Å². The first-order chi connectivity index (χ1) is 14.8. The van der Waals surface area contributed by atoms with Crippen molar-refractivity contribution in [3.63, 3.8) is 0 Å². The molecule has 0 saturated heterocycles. The van der Waals surface area contributed by atoms with E-state index in [-0.39, 0.29) is 5.60 Å². The summed E-state index contributed by atoms with van der Waals surface area (Å²) in [5.74, 6) is 1.48. The smallest absolute Gasteiger partial charge is 0.0811 e. The van der Waals surface area contributed by atoms with Gasteiger partial charge in [-0.15, -0.1) is 0 Å². The lowest BCUT2D eigenvalue weighted by Gasteiger charge is -2.42. The van der Waals surface area contributed by atoms with Crippen LogP contribution in [-0.4, -0.2) is 33.1 Å². The van der Waals surface area contributed by atoms with Gasteiger partial charge >= 0.3 is 0 Å². The summed E-state index contributed by atoms with van der Waals surface area (Å²) in [7, 11) is 0. The third-order valence-electron chi connectivity index (χ3n) is 9.40. The van der Waals surface area contributed by atoms with Crippen LogP contribution in [0, 0.1) is 17.3 Å². The van der Waals surface area contributed by atoms with Gasteiger partial charge in [0, 0.05) is 6.42 Å². The molecule has 4 aliphatic rings. The van der Waals surface area contributed by atoms with Crippen LogP contribution in [0.3, 0.4) is 0 Å². The Morgan fingerprint density at radius 1 is 1.03 bits per heavy atom. The molecule has 0 spiro atoms. The van der Waals surface area contributed by atoms with Crippen molar-refractivity contribution in [2.45, 2.75) is 121 Å². The van der Waals surface area contributed by atoms with E-state index in [4.69, 9.17) is 0 Å². The van der Waals surface area contributed by atoms with Crippen LogP contribution in [0.25, 0.3) is 0 Å². The van der Waals surface area contributed by atoms with E-state index in [2.05, 4.69) is 25.7 Å². The number of aliphatic hydroxyl groups is 3. The van der Waals surface area contributed by atoms with Crippen molar-refractivity contribution in [1.82, 2.24) is 0 Å². The minimum Gasteiger partial charge on any atom is -0.393 e. The van der Waals surface area contributed by atoms with E-state index in [0.717, 1.165) is 36.3 Å². The van der Waals surface area contributed by atoms with Gasteiger partial charge in [-0.25, -0.2) is 0 Å². The lowest BCUT2D eigenvalue weighted by atomic mass is 9.62. The summed E-state index contributed by atoms with van der Waals surface area (Å²) in [5, 5.41) is 30.8. The molecule has 3 N–H and O–H groups in total. The average Bonchev–Trinajstić information content (AvgIpc) is 3.30. The standard InChI is InChI=1S/C28H44O3/c1-20-22(18-24(29)19-26(20)30)11-10-21-8-7-14-27(2)23(12-13-25(21)27)9-3-4-15-28(31)16-5-6-17-28/h10-11,23-26,29-31H,1,3-9,12-19H2,2H3/b21-10+,22-11-/t23?,24-,25?,26?,27?/m1/s1. The Bertz CT molecular complexity index is 714. The molecule has 5 atom stereocenters. The quantitative estimate of drug-likeness (QED) is 0.455. The summed E-state index contributed by atoms with van der Waals surface area (Å²) in [6.45, 7) is 6.60. The second-order valence-electron chi connectivity index (χ2n) is 11.4. The number of aliphatic hydroxyl groups excluding tert-OH is 2. The molecule has 4 saturated carbocycles. The SMILES string of the molecule is C=C1/C(=C\C=C2/CCCC3(C)C(CCCCC4(O)CCCC4)CCC23)C[C@@H](O)CC1O. The number of hydrogen-bond acceptors (Lipinski definition) is 3. The lowest BCUT2D eigenvalue weighted by Crippen LogP contribution is -2.33. The summed E-state index contributed by atoms with van der Waals surface area (Å²) in [6.07, 6.45) is 20.0. The van der Waals surface area contributed by atoms with Crippen molar-refractivity contribution in [3.8, 4) is 0 Å². The Balaban J connectivity index is 1.36. The van der Waals surface area contributed by atoms with Gasteiger partial charge in [-0.05, 0) is 92.6 Å². The fraction of sp³-hybridized carbons (Fsp3) is 0.786. The van der Waals surface area contributed by atoms with Gasteiger partial charge in [-0.1, -0.05) is 56.9 Å². The van der Waals surface area contributed by atoms with E-state index in [0.29, 0.717) is 24.2 Å². The molecule has 0 aromatic carbocycles. The van der Waals surface area contributed by atoms with Crippen LogP contribution < -0.4 is 0 Å². The molecule has 4 rings (SSSR count). The Kier molecular flexibility index (Phi) is 7.15. The fourth-order valence-corrected chi connectivity index (χ4v) is 7.41. The number of fused-ring (bicyclic) bond motifs is 1. The van der Waals surface area contributed by atoms with Crippen LogP contribution in [0.15, 0.2) is 35.5 Å². The van der Waals surface area contributed by atoms with Gasteiger partial charge in [0.05, 0.1) is 17.8 Å². The summed E-state index contributed by atoms with van der Waals surface area (Å²) < 4.78 is 0. The maximum Gasteiger partial charge on any atom is 0.0811 e. The highest BCUT2D eigenvalue weighted by Crippen LogP contribution is 2.58. The van der Waals surface area contributed by atoms with Gasteiger partial charge in [-0.2, -0.15) is 0 Å². The minimum atomic E-state index is -0.608. The third-order valence-corrected chi connectivity index (χ3v) is 9.40. The zero-order valence-corrected chi connectivity index (χ0v) is 19.6. The molecular formula is C28H44O3. The first kappa shape index (κ1) is 23.3. The van der Waals surface area contributed by atoms with Crippen molar-refractivity contribution in [1.29, 1.82) is 0 Å². The lowest BCUT2D eigenvalue weighted by molar-refractivity contribution is 0.0350. The zero-order chi connectivity index (χ0) is 22.1. The molecule has 0 aromatic rings. The predicted molar refractivity (Wildman–Crippen MR) is 127 cm³/mol. The van der Waals surface area contributed by atoms with Gasteiger partial charge in [0.2, 0.25) is 0 Å². The van der Waals surface area contributed by atoms with Gasteiger partial charge in [0.25, 0.3) is 0 Å². The topological polar surface area (TPSA) is 60.7 Å². The normalized spacial score (nSPS) is 40.6. The molecule has 3 nitrogen and oxygen atoms in total. The maximum atomic E-state index is 10.6. The molecule has 174 valence electrons. The van der Waals surface area contributed by atoms with E-state index < -0.39 is 12.2 Å². The van der Waals surface area contributed by atoms with E-state index in [1.165, 1.54) is 64.2 Å².